The van der Waals surface area contributed by atoms with Gasteiger partial charge in [0, 0.05) is 38.6 Å². The zero-order chi connectivity index (χ0) is 14.5. The first-order chi connectivity index (χ1) is 9.56. The molecule has 0 bridgehead atoms. The summed E-state index contributed by atoms with van der Waals surface area (Å²) in [6, 6.07) is 5.70. The number of carbonyl (C=O) groups is 1. The normalized spacial score (nSPS) is 16.2. The molecule has 2 N–H and O–H groups in total. The van der Waals surface area contributed by atoms with Crippen LogP contribution in [0.25, 0.3) is 0 Å². The van der Waals surface area contributed by atoms with Crippen LogP contribution in [0.5, 0.6) is 0 Å². The summed E-state index contributed by atoms with van der Waals surface area (Å²) in [5, 5.41) is 6.06. The molecule has 0 unspecified atom stereocenters. The molecule has 0 radical (unpaired) electrons. The van der Waals surface area contributed by atoms with E-state index < -0.39 is 0 Å². The molecular weight excluding hydrogens is 257 g/mol. The maximum absolute atomic E-state index is 14.2. The number of nitrogens with one attached hydrogen (secondary N) is 2. The van der Waals surface area contributed by atoms with E-state index in [9.17, 15) is 9.18 Å². The lowest BCUT2D eigenvalue weighted by atomic mass is 10.1. The molecule has 0 aliphatic carbocycles. The van der Waals surface area contributed by atoms with Crippen molar-refractivity contribution in [3.63, 3.8) is 0 Å². The predicted molar refractivity (Wildman–Crippen MR) is 78.2 cm³/mol. The summed E-state index contributed by atoms with van der Waals surface area (Å²) < 4.78 is 14.2. The van der Waals surface area contributed by atoms with Gasteiger partial charge in [-0.1, -0.05) is 19.9 Å². The van der Waals surface area contributed by atoms with Gasteiger partial charge >= 0.3 is 0 Å². The average molecular weight is 279 g/mol. The Morgan fingerprint density at radius 1 is 1.40 bits per heavy atom. The maximum Gasteiger partial charge on any atom is 0.221 e. The van der Waals surface area contributed by atoms with Gasteiger partial charge in [-0.15, -0.1) is 0 Å². The van der Waals surface area contributed by atoms with Crippen molar-refractivity contribution in [1.29, 1.82) is 0 Å². The topological polar surface area (TPSA) is 44.4 Å². The van der Waals surface area contributed by atoms with E-state index in [0.29, 0.717) is 44.3 Å². The third-order valence-corrected chi connectivity index (χ3v) is 3.38. The van der Waals surface area contributed by atoms with Gasteiger partial charge in [-0.3, -0.25) is 4.79 Å². The fourth-order valence-corrected chi connectivity index (χ4v) is 2.25. The number of benzene rings is 1. The molecule has 1 aromatic rings. The van der Waals surface area contributed by atoms with Gasteiger partial charge in [0.15, 0.2) is 0 Å². The van der Waals surface area contributed by atoms with Gasteiger partial charge < -0.3 is 15.5 Å². The first kappa shape index (κ1) is 14.8. The zero-order valence-electron chi connectivity index (χ0n) is 12.1. The lowest BCUT2D eigenvalue weighted by Crippen LogP contribution is -2.29. The Kier molecular flexibility index (Phi) is 4.95. The molecule has 1 aliphatic heterocycles. The summed E-state index contributed by atoms with van der Waals surface area (Å²) in [4.78, 5) is 13.2. The molecule has 1 heterocycles. The highest BCUT2D eigenvalue weighted by atomic mass is 19.1. The second kappa shape index (κ2) is 6.70. The third kappa shape index (κ3) is 3.93. The Balaban J connectivity index is 2.06. The van der Waals surface area contributed by atoms with Crippen LogP contribution >= 0.6 is 0 Å². The average Bonchev–Trinajstić information content (AvgIpc) is 2.61. The van der Waals surface area contributed by atoms with Gasteiger partial charge in [-0.05, 0) is 17.7 Å². The first-order valence-corrected chi connectivity index (χ1v) is 7.09. The van der Waals surface area contributed by atoms with Crippen LogP contribution in [0, 0.1) is 5.82 Å². The molecule has 0 spiro atoms. The second-order valence-electron chi connectivity index (χ2n) is 5.41. The summed E-state index contributed by atoms with van der Waals surface area (Å²) in [5.74, 6) is -0.187. The Hall–Kier alpha value is -1.62. The molecule has 110 valence electrons. The van der Waals surface area contributed by atoms with Crippen molar-refractivity contribution < 1.29 is 9.18 Å². The Morgan fingerprint density at radius 3 is 2.90 bits per heavy atom. The summed E-state index contributed by atoms with van der Waals surface area (Å²) in [5.41, 5.74) is 1.51. The Bertz CT molecular complexity index is 476. The molecule has 1 aromatic carbocycles. The number of rotatable bonds is 4. The van der Waals surface area contributed by atoms with E-state index in [4.69, 9.17) is 0 Å². The highest BCUT2D eigenvalue weighted by Crippen LogP contribution is 2.21. The number of hydrogen-bond donors (Lipinski definition) is 2. The molecule has 4 nitrogen and oxygen atoms in total. The van der Waals surface area contributed by atoms with E-state index in [1.165, 1.54) is 0 Å². The Labute approximate surface area is 119 Å². The minimum atomic E-state index is -0.220. The smallest absolute Gasteiger partial charge is 0.221 e. The number of carbonyl (C=O) groups excluding carboxylic acids is 1. The molecule has 5 heteroatoms. The summed E-state index contributed by atoms with van der Waals surface area (Å²) in [6.45, 7) is 6.56. The molecule has 20 heavy (non-hydrogen) atoms. The minimum Gasteiger partial charge on any atom is -0.367 e. The van der Waals surface area contributed by atoms with E-state index in [-0.39, 0.29) is 11.7 Å². The highest BCUT2D eigenvalue weighted by Gasteiger charge is 2.16. The maximum atomic E-state index is 14.2. The van der Waals surface area contributed by atoms with Gasteiger partial charge in [0.25, 0.3) is 0 Å². The lowest BCUT2D eigenvalue weighted by molar-refractivity contribution is -0.120. The fraction of sp³-hybridized carbons (Fsp3) is 0.533. The van der Waals surface area contributed by atoms with Crippen molar-refractivity contribution in [2.75, 3.05) is 24.5 Å². The van der Waals surface area contributed by atoms with E-state index in [1.807, 2.05) is 17.0 Å². The van der Waals surface area contributed by atoms with Crippen molar-refractivity contribution in [1.82, 2.24) is 10.6 Å². The number of halogens is 1. The molecule has 2 rings (SSSR count). The monoisotopic (exact) mass is 279 g/mol. The molecule has 1 aliphatic rings. The van der Waals surface area contributed by atoms with Crippen molar-refractivity contribution >= 4 is 11.6 Å². The van der Waals surface area contributed by atoms with Crippen molar-refractivity contribution in [2.45, 2.75) is 32.9 Å². The fourth-order valence-electron chi connectivity index (χ4n) is 2.25. The molecule has 1 fully saturated rings. The van der Waals surface area contributed by atoms with Crippen LogP contribution in [0.4, 0.5) is 10.1 Å². The van der Waals surface area contributed by atoms with Gasteiger partial charge in [0.1, 0.15) is 5.82 Å². The first-order valence-electron chi connectivity index (χ1n) is 7.09. The third-order valence-electron chi connectivity index (χ3n) is 3.38. The van der Waals surface area contributed by atoms with Crippen LogP contribution in [-0.4, -0.2) is 31.6 Å². The summed E-state index contributed by atoms with van der Waals surface area (Å²) in [7, 11) is 0. The molecular formula is C15H22FN3O. The van der Waals surface area contributed by atoms with Crippen LogP contribution in [0.15, 0.2) is 18.2 Å². The largest absolute Gasteiger partial charge is 0.367 e. The van der Waals surface area contributed by atoms with Gasteiger partial charge in [-0.2, -0.15) is 0 Å². The quantitative estimate of drug-likeness (QED) is 0.881. The van der Waals surface area contributed by atoms with Crippen LogP contribution in [-0.2, 0) is 11.3 Å². The number of anilines is 1. The van der Waals surface area contributed by atoms with Gasteiger partial charge in [0.2, 0.25) is 5.91 Å². The van der Waals surface area contributed by atoms with E-state index >= 15 is 0 Å². The van der Waals surface area contributed by atoms with E-state index in [1.54, 1.807) is 6.07 Å². The van der Waals surface area contributed by atoms with Crippen LogP contribution in [0.1, 0.15) is 25.8 Å². The zero-order valence-corrected chi connectivity index (χ0v) is 12.1. The van der Waals surface area contributed by atoms with Crippen molar-refractivity contribution in [2.24, 2.45) is 0 Å². The van der Waals surface area contributed by atoms with Crippen molar-refractivity contribution in [3.8, 4) is 0 Å². The molecule has 1 amide bonds. The number of hydrogen-bond acceptors (Lipinski definition) is 3. The number of nitrogens with zero attached hydrogens (tertiary/aromatic N) is 1. The predicted octanol–water partition coefficient (Wildman–Crippen LogP) is 1.65. The SMILES string of the molecule is CC(C)NCc1ccc(N2CCNC(=O)CC2)c(F)c1. The van der Waals surface area contributed by atoms with E-state index in [2.05, 4.69) is 24.5 Å². The highest BCUT2D eigenvalue weighted by molar-refractivity contribution is 5.77. The molecule has 0 saturated carbocycles. The molecule has 0 aromatic heterocycles. The number of amides is 1. The van der Waals surface area contributed by atoms with Gasteiger partial charge in [0.05, 0.1) is 5.69 Å². The minimum absolute atomic E-state index is 0.0330. The molecule has 0 atom stereocenters. The molecule has 1 saturated heterocycles. The standard InChI is InChI=1S/C15H22FN3O/c1-11(2)18-10-12-3-4-14(13(16)9-12)19-7-5-15(20)17-6-8-19/h3-4,9,11,18H,5-8,10H2,1-2H3,(H,17,20). The van der Waals surface area contributed by atoms with Crippen LogP contribution in [0.3, 0.4) is 0 Å². The second-order valence-corrected chi connectivity index (χ2v) is 5.41. The lowest BCUT2D eigenvalue weighted by Gasteiger charge is -2.22. The van der Waals surface area contributed by atoms with E-state index in [0.717, 1.165) is 5.56 Å². The summed E-state index contributed by atoms with van der Waals surface area (Å²) >= 11 is 0. The summed E-state index contributed by atoms with van der Waals surface area (Å²) in [6.07, 6.45) is 0.413. The van der Waals surface area contributed by atoms with Crippen molar-refractivity contribution in [3.05, 3.63) is 29.6 Å². The Morgan fingerprint density at radius 2 is 2.20 bits per heavy atom. The van der Waals surface area contributed by atoms with Gasteiger partial charge in [-0.25, -0.2) is 4.39 Å². The van der Waals surface area contributed by atoms with Crippen LogP contribution < -0.4 is 15.5 Å². The van der Waals surface area contributed by atoms with Crippen LogP contribution in [0.2, 0.25) is 0 Å².